The zero-order valence-corrected chi connectivity index (χ0v) is 16.1. The van der Waals surface area contributed by atoms with E-state index in [4.69, 9.17) is 12.2 Å². The van der Waals surface area contributed by atoms with Crippen LogP contribution in [-0.2, 0) is 4.79 Å². The first kappa shape index (κ1) is 18.4. The van der Waals surface area contributed by atoms with Crippen LogP contribution in [-0.4, -0.2) is 34.0 Å². The van der Waals surface area contributed by atoms with E-state index in [1.54, 1.807) is 23.5 Å². The summed E-state index contributed by atoms with van der Waals surface area (Å²) >= 11 is 8.38. The molecule has 1 aromatic carbocycles. The largest absolute Gasteiger partial charge is 0.358 e. The summed E-state index contributed by atoms with van der Waals surface area (Å²) in [7, 11) is 0. The maximum Gasteiger partial charge on any atom is 0.231 e. The highest BCUT2D eigenvalue weighted by atomic mass is 32.2. The van der Waals surface area contributed by atoms with E-state index in [-0.39, 0.29) is 17.8 Å². The van der Waals surface area contributed by atoms with Crippen molar-refractivity contribution in [1.29, 1.82) is 0 Å². The van der Waals surface area contributed by atoms with Crippen LogP contribution in [0.5, 0.6) is 0 Å². The zero-order chi connectivity index (χ0) is 17.6. The summed E-state index contributed by atoms with van der Waals surface area (Å²) in [6, 6.07) is 9.90. The van der Waals surface area contributed by atoms with E-state index in [0.29, 0.717) is 5.75 Å². The van der Waals surface area contributed by atoms with Crippen molar-refractivity contribution >= 4 is 45.5 Å². The van der Waals surface area contributed by atoms with Gasteiger partial charge in [0.2, 0.25) is 5.91 Å². The number of benzene rings is 1. The average molecular weight is 395 g/mol. The average Bonchev–Trinajstić information content (AvgIpc) is 3.31. The number of nitrogens with zero attached hydrogens (tertiary/aromatic N) is 1. The van der Waals surface area contributed by atoms with Crippen molar-refractivity contribution in [2.45, 2.75) is 18.9 Å². The van der Waals surface area contributed by atoms with Gasteiger partial charge in [0, 0.05) is 18.0 Å². The predicted molar refractivity (Wildman–Crippen MR) is 107 cm³/mol. The minimum atomic E-state index is -0.286. The smallest absolute Gasteiger partial charge is 0.231 e. The molecule has 2 heterocycles. The molecule has 1 aliphatic heterocycles. The highest BCUT2D eigenvalue weighted by Crippen LogP contribution is 2.26. The minimum Gasteiger partial charge on any atom is -0.358 e. The van der Waals surface area contributed by atoms with Gasteiger partial charge in [-0.1, -0.05) is 42.2 Å². The van der Waals surface area contributed by atoms with E-state index < -0.39 is 0 Å². The molecule has 1 aromatic heterocycles. The Kier molecular flexibility index (Phi) is 6.45. The Bertz CT molecular complexity index is 712. The molecule has 1 N–H and O–H groups in total. The molecule has 0 bridgehead atoms. The molecule has 0 aliphatic carbocycles. The lowest BCUT2D eigenvalue weighted by Gasteiger charge is -2.20. The third kappa shape index (κ3) is 5.03. The number of amides is 1. The molecule has 7 heteroatoms. The molecule has 132 valence electrons. The number of carbonyl (C=O) groups is 1. The lowest BCUT2D eigenvalue weighted by Crippen LogP contribution is -2.32. The van der Waals surface area contributed by atoms with E-state index in [2.05, 4.69) is 10.2 Å². The molecule has 1 atom stereocenters. The molecule has 3 rings (SSSR count). The minimum absolute atomic E-state index is 0.0747. The van der Waals surface area contributed by atoms with Gasteiger partial charge in [0.15, 0.2) is 0 Å². The van der Waals surface area contributed by atoms with Crippen LogP contribution in [0.1, 0.15) is 29.3 Å². The van der Waals surface area contributed by atoms with Crippen molar-refractivity contribution in [1.82, 2.24) is 10.2 Å². The quantitative estimate of drug-likeness (QED) is 0.770. The number of thiocarbonyl (C=S) groups is 1. The topological polar surface area (TPSA) is 32.3 Å². The first-order valence-corrected chi connectivity index (χ1v) is 10.4. The normalized spacial score (nSPS) is 15.2. The van der Waals surface area contributed by atoms with Gasteiger partial charge in [-0.2, -0.15) is 0 Å². The fourth-order valence-electron chi connectivity index (χ4n) is 2.75. The first-order chi connectivity index (χ1) is 12.1. The van der Waals surface area contributed by atoms with Crippen LogP contribution in [0.2, 0.25) is 0 Å². The summed E-state index contributed by atoms with van der Waals surface area (Å²) in [6.07, 6.45) is 2.33. The molecule has 1 fully saturated rings. The number of likely N-dealkylation sites (tertiary alicyclic amines) is 1. The Morgan fingerprint density at radius 1 is 1.28 bits per heavy atom. The molecule has 3 nitrogen and oxygen atoms in total. The van der Waals surface area contributed by atoms with E-state index in [0.717, 1.165) is 40.7 Å². The Balaban J connectivity index is 1.62. The van der Waals surface area contributed by atoms with Crippen LogP contribution in [0.25, 0.3) is 0 Å². The molecule has 25 heavy (non-hydrogen) atoms. The van der Waals surface area contributed by atoms with Crippen molar-refractivity contribution in [3.63, 3.8) is 0 Å². The summed E-state index contributed by atoms with van der Waals surface area (Å²) < 4.78 is 14.0. The van der Waals surface area contributed by atoms with Gasteiger partial charge >= 0.3 is 0 Å². The number of carbonyl (C=O) groups excluding carboxylic acids is 1. The molecule has 0 radical (unpaired) electrons. The first-order valence-electron chi connectivity index (χ1n) is 8.13. The molecular formula is C18H19FN2OS3. The lowest BCUT2D eigenvalue weighted by atomic mass is 10.1. The van der Waals surface area contributed by atoms with Crippen LogP contribution in [0.3, 0.4) is 0 Å². The second kappa shape index (κ2) is 8.78. The van der Waals surface area contributed by atoms with Gasteiger partial charge in [-0.05, 0) is 42.0 Å². The van der Waals surface area contributed by atoms with Crippen molar-refractivity contribution in [2.24, 2.45) is 0 Å². The number of thioether (sulfide) groups is 1. The van der Waals surface area contributed by atoms with Gasteiger partial charge in [-0.3, -0.25) is 4.79 Å². The van der Waals surface area contributed by atoms with Crippen LogP contribution in [0, 0.1) is 5.82 Å². The maximum absolute atomic E-state index is 13.2. The fourth-order valence-corrected chi connectivity index (χ4v) is 4.62. The molecule has 2 aromatic rings. The predicted octanol–water partition coefficient (Wildman–Crippen LogP) is 4.21. The molecule has 1 aliphatic rings. The molecule has 0 unspecified atom stereocenters. The van der Waals surface area contributed by atoms with Crippen molar-refractivity contribution in [2.75, 3.05) is 18.8 Å². The van der Waals surface area contributed by atoms with E-state index in [1.807, 2.05) is 17.5 Å². The van der Waals surface area contributed by atoms with Crippen LogP contribution >= 0.6 is 35.3 Å². The number of hydrogen-bond donors (Lipinski definition) is 1. The molecule has 1 amide bonds. The second-order valence-electron chi connectivity index (χ2n) is 5.82. The lowest BCUT2D eigenvalue weighted by molar-refractivity contribution is -0.119. The van der Waals surface area contributed by atoms with Gasteiger partial charge in [0.05, 0.1) is 11.8 Å². The van der Waals surface area contributed by atoms with Crippen molar-refractivity contribution in [3.8, 4) is 0 Å². The number of nitrogens with one attached hydrogen (secondary N) is 1. The number of hydrogen-bond acceptors (Lipinski definition) is 4. The van der Waals surface area contributed by atoms with Crippen molar-refractivity contribution in [3.05, 3.63) is 58.0 Å². The van der Waals surface area contributed by atoms with Crippen LogP contribution in [0.15, 0.2) is 41.8 Å². The van der Waals surface area contributed by atoms with Gasteiger partial charge in [0.1, 0.15) is 10.1 Å². The molecule has 1 saturated heterocycles. The van der Waals surface area contributed by atoms with E-state index in [1.165, 1.54) is 23.9 Å². The molecule has 0 saturated carbocycles. The number of thiophene rings is 1. The zero-order valence-electron chi connectivity index (χ0n) is 13.6. The second-order valence-corrected chi connectivity index (χ2v) is 8.40. The Morgan fingerprint density at radius 3 is 2.64 bits per heavy atom. The number of halogens is 1. The number of rotatable bonds is 5. The SMILES string of the molecule is O=C(CSC(=S)N1CCCC1)N[C@@H](c1ccc(F)cc1)c1cccs1. The third-order valence-corrected chi connectivity index (χ3v) is 6.49. The summed E-state index contributed by atoms with van der Waals surface area (Å²) in [6.45, 7) is 1.97. The van der Waals surface area contributed by atoms with Gasteiger partial charge in [-0.15, -0.1) is 11.3 Å². The van der Waals surface area contributed by atoms with Gasteiger partial charge < -0.3 is 10.2 Å². The van der Waals surface area contributed by atoms with Gasteiger partial charge in [0.25, 0.3) is 0 Å². The van der Waals surface area contributed by atoms with Crippen molar-refractivity contribution < 1.29 is 9.18 Å². The maximum atomic E-state index is 13.2. The highest BCUT2D eigenvalue weighted by molar-refractivity contribution is 8.23. The van der Waals surface area contributed by atoms with Crippen LogP contribution in [0.4, 0.5) is 4.39 Å². The van der Waals surface area contributed by atoms with Crippen LogP contribution < -0.4 is 5.32 Å². The standard InChI is InChI=1S/C18H19FN2OS3/c19-14-7-5-13(6-8-14)17(15-4-3-11-24-15)20-16(22)12-25-18(23)21-9-1-2-10-21/h3-8,11,17H,1-2,9-10,12H2,(H,20,22)/t17-/m0/s1. The molecule has 0 spiro atoms. The summed E-state index contributed by atoms with van der Waals surface area (Å²) in [5, 5.41) is 5.02. The summed E-state index contributed by atoms with van der Waals surface area (Å²) in [5.41, 5.74) is 0.865. The highest BCUT2D eigenvalue weighted by Gasteiger charge is 2.20. The summed E-state index contributed by atoms with van der Waals surface area (Å²) in [4.78, 5) is 15.6. The Hall–Kier alpha value is -1.44. The van der Waals surface area contributed by atoms with Gasteiger partial charge in [-0.25, -0.2) is 4.39 Å². The fraction of sp³-hybridized carbons (Fsp3) is 0.333. The third-order valence-electron chi connectivity index (χ3n) is 4.03. The Labute approximate surface area is 160 Å². The summed E-state index contributed by atoms with van der Waals surface area (Å²) in [5.74, 6) is -0.0703. The van der Waals surface area contributed by atoms with E-state index in [9.17, 15) is 9.18 Å². The monoisotopic (exact) mass is 394 g/mol. The molecular weight excluding hydrogens is 375 g/mol. The Morgan fingerprint density at radius 2 is 2.00 bits per heavy atom. The van der Waals surface area contributed by atoms with E-state index >= 15 is 0 Å².